The highest BCUT2D eigenvalue weighted by Gasteiger charge is 2.21. The van der Waals surface area contributed by atoms with Crippen molar-refractivity contribution in [2.24, 2.45) is 5.92 Å². The molecule has 0 bridgehead atoms. The maximum Gasteiger partial charge on any atom is 0.308 e. The number of aliphatic carboxylic acids is 1. The molecule has 0 aromatic heterocycles. The molecule has 0 radical (unpaired) electrons. The highest BCUT2D eigenvalue weighted by molar-refractivity contribution is 5.78. The van der Waals surface area contributed by atoms with E-state index in [0.717, 1.165) is 5.56 Å². The second-order valence-corrected chi connectivity index (χ2v) is 6.55. The standard InChI is InChI=1S/C17H25NO4/c1-12(16(20)21)10-18(5)15(19)11-22-14-9-7-6-8-13(14)17(2,3)4/h6-9,12H,10-11H2,1-5H3,(H,20,21). The minimum Gasteiger partial charge on any atom is -0.483 e. The number of para-hydroxylation sites is 1. The zero-order valence-corrected chi connectivity index (χ0v) is 13.9. The molecule has 0 fully saturated rings. The van der Waals surface area contributed by atoms with Crippen molar-refractivity contribution in [2.75, 3.05) is 20.2 Å². The number of likely N-dealkylation sites (N-methyl/N-ethyl adjacent to an activating group) is 1. The fraction of sp³-hybridized carbons (Fsp3) is 0.529. The first-order chi connectivity index (χ1) is 10.1. The predicted octanol–water partition coefficient (Wildman–Crippen LogP) is 2.54. The predicted molar refractivity (Wildman–Crippen MR) is 85.1 cm³/mol. The molecule has 0 saturated carbocycles. The van der Waals surface area contributed by atoms with Crippen LogP contribution in [-0.4, -0.2) is 42.1 Å². The minimum absolute atomic E-state index is 0.0800. The van der Waals surface area contributed by atoms with Crippen LogP contribution in [0.5, 0.6) is 5.75 Å². The minimum atomic E-state index is -0.918. The number of carboxylic acid groups (broad SMARTS) is 1. The smallest absolute Gasteiger partial charge is 0.308 e. The molecule has 0 aliphatic rings. The largest absolute Gasteiger partial charge is 0.483 e. The molecule has 22 heavy (non-hydrogen) atoms. The second kappa shape index (κ2) is 7.29. The molecule has 1 aromatic rings. The summed E-state index contributed by atoms with van der Waals surface area (Å²) in [4.78, 5) is 24.3. The summed E-state index contributed by atoms with van der Waals surface area (Å²) >= 11 is 0. The van der Waals surface area contributed by atoms with Gasteiger partial charge in [0.25, 0.3) is 5.91 Å². The molecule has 1 atom stereocenters. The van der Waals surface area contributed by atoms with Crippen LogP contribution in [0.2, 0.25) is 0 Å². The van der Waals surface area contributed by atoms with Crippen LogP contribution in [0.3, 0.4) is 0 Å². The number of amides is 1. The van der Waals surface area contributed by atoms with Gasteiger partial charge in [-0.3, -0.25) is 9.59 Å². The number of carboxylic acids is 1. The van der Waals surface area contributed by atoms with E-state index in [1.807, 2.05) is 24.3 Å². The van der Waals surface area contributed by atoms with Crippen LogP contribution >= 0.6 is 0 Å². The summed E-state index contributed by atoms with van der Waals surface area (Å²) in [5, 5.41) is 8.88. The SMILES string of the molecule is CC(CN(C)C(=O)COc1ccccc1C(C)(C)C)C(=O)O. The summed E-state index contributed by atoms with van der Waals surface area (Å²) in [6.45, 7) is 7.88. The van der Waals surface area contributed by atoms with Crippen LogP contribution in [-0.2, 0) is 15.0 Å². The van der Waals surface area contributed by atoms with Gasteiger partial charge in [-0.1, -0.05) is 45.9 Å². The van der Waals surface area contributed by atoms with E-state index in [-0.39, 0.29) is 24.5 Å². The van der Waals surface area contributed by atoms with Gasteiger partial charge in [0, 0.05) is 13.6 Å². The second-order valence-electron chi connectivity index (χ2n) is 6.55. The fourth-order valence-electron chi connectivity index (χ4n) is 2.05. The quantitative estimate of drug-likeness (QED) is 0.877. The third kappa shape index (κ3) is 5.06. The van der Waals surface area contributed by atoms with Crippen molar-refractivity contribution in [1.29, 1.82) is 0 Å². The molecule has 5 nitrogen and oxygen atoms in total. The van der Waals surface area contributed by atoms with Crippen molar-refractivity contribution >= 4 is 11.9 Å². The molecule has 1 rings (SSSR count). The molecule has 0 saturated heterocycles. The molecule has 1 amide bonds. The normalized spacial score (nSPS) is 12.6. The van der Waals surface area contributed by atoms with Crippen molar-refractivity contribution in [3.05, 3.63) is 29.8 Å². The van der Waals surface area contributed by atoms with Crippen molar-refractivity contribution in [1.82, 2.24) is 4.90 Å². The van der Waals surface area contributed by atoms with E-state index in [9.17, 15) is 9.59 Å². The lowest BCUT2D eigenvalue weighted by Crippen LogP contribution is -2.36. The summed E-state index contributed by atoms with van der Waals surface area (Å²) < 4.78 is 5.65. The van der Waals surface area contributed by atoms with Crippen molar-refractivity contribution in [2.45, 2.75) is 33.1 Å². The Morgan fingerprint density at radius 3 is 2.41 bits per heavy atom. The summed E-state index contributed by atoms with van der Waals surface area (Å²) in [7, 11) is 1.58. The van der Waals surface area contributed by atoms with Gasteiger partial charge in [-0.15, -0.1) is 0 Å². The first kappa shape index (κ1) is 18.0. The number of nitrogens with zero attached hydrogens (tertiary/aromatic N) is 1. The van der Waals surface area contributed by atoms with Crippen molar-refractivity contribution in [3.8, 4) is 5.75 Å². The lowest BCUT2D eigenvalue weighted by Gasteiger charge is -2.24. The number of carbonyl (C=O) groups is 2. The third-order valence-corrected chi connectivity index (χ3v) is 3.44. The molecule has 0 spiro atoms. The molecule has 5 heteroatoms. The fourth-order valence-corrected chi connectivity index (χ4v) is 2.05. The Morgan fingerprint density at radius 1 is 1.27 bits per heavy atom. The van der Waals surface area contributed by atoms with Gasteiger partial charge in [0.1, 0.15) is 5.75 Å². The van der Waals surface area contributed by atoms with Crippen molar-refractivity contribution in [3.63, 3.8) is 0 Å². The maximum atomic E-state index is 12.0. The summed E-state index contributed by atoms with van der Waals surface area (Å²) in [6.07, 6.45) is 0. The van der Waals surface area contributed by atoms with E-state index in [4.69, 9.17) is 9.84 Å². The van der Waals surface area contributed by atoms with Crippen LogP contribution in [0.25, 0.3) is 0 Å². The topological polar surface area (TPSA) is 66.8 Å². The molecular weight excluding hydrogens is 282 g/mol. The molecule has 0 aliphatic heterocycles. The Balaban J connectivity index is 2.67. The van der Waals surface area contributed by atoms with Gasteiger partial charge in [-0.2, -0.15) is 0 Å². The summed E-state index contributed by atoms with van der Waals surface area (Å²) in [6, 6.07) is 7.63. The Hall–Kier alpha value is -2.04. The van der Waals surface area contributed by atoms with Crippen molar-refractivity contribution < 1.29 is 19.4 Å². The highest BCUT2D eigenvalue weighted by Crippen LogP contribution is 2.30. The number of hydrogen-bond acceptors (Lipinski definition) is 3. The van der Waals surface area contributed by atoms with Crippen LogP contribution in [0.15, 0.2) is 24.3 Å². The zero-order chi connectivity index (χ0) is 16.9. The summed E-state index contributed by atoms with van der Waals surface area (Å²) in [5.74, 6) is -1.07. The van der Waals surface area contributed by atoms with Gasteiger partial charge >= 0.3 is 5.97 Å². The monoisotopic (exact) mass is 307 g/mol. The number of rotatable bonds is 6. The van der Waals surface area contributed by atoms with Crippen LogP contribution in [0.4, 0.5) is 0 Å². The van der Waals surface area contributed by atoms with Crippen LogP contribution in [0.1, 0.15) is 33.3 Å². The average Bonchev–Trinajstić information content (AvgIpc) is 2.43. The number of benzene rings is 1. The van der Waals surface area contributed by atoms with E-state index in [1.54, 1.807) is 14.0 Å². The Morgan fingerprint density at radius 2 is 1.86 bits per heavy atom. The van der Waals surface area contributed by atoms with Gasteiger partial charge < -0.3 is 14.7 Å². The van der Waals surface area contributed by atoms with E-state index in [1.165, 1.54) is 4.90 Å². The van der Waals surface area contributed by atoms with Gasteiger partial charge in [0.15, 0.2) is 6.61 Å². The van der Waals surface area contributed by atoms with Crippen LogP contribution in [0, 0.1) is 5.92 Å². The highest BCUT2D eigenvalue weighted by atomic mass is 16.5. The Bertz CT molecular complexity index is 534. The number of ether oxygens (including phenoxy) is 1. The van der Waals surface area contributed by atoms with Gasteiger partial charge in [-0.25, -0.2) is 0 Å². The Kier molecular flexibility index (Phi) is 5.97. The average molecular weight is 307 g/mol. The molecule has 0 aliphatic carbocycles. The molecular formula is C17H25NO4. The molecule has 1 N–H and O–H groups in total. The molecule has 1 unspecified atom stereocenters. The van der Waals surface area contributed by atoms with E-state index >= 15 is 0 Å². The lowest BCUT2D eigenvalue weighted by atomic mass is 9.86. The molecule has 1 aromatic carbocycles. The number of carbonyl (C=O) groups excluding carboxylic acids is 1. The zero-order valence-electron chi connectivity index (χ0n) is 13.9. The first-order valence-electron chi connectivity index (χ1n) is 7.32. The van der Waals surface area contributed by atoms with Gasteiger partial charge in [-0.05, 0) is 17.0 Å². The first-order valence-corrected chi connectivity index (χ1v) is 7.32. The van der Waals surface area contributed by atoms with E-state index < -0.39 is 11.9 Å². The van der Waals surface area contributed by atoms with E-state index in [0.29, 0.717) is 5.75 Å². The maximum absolute atomic E-state index is 12.0. The van der Waals surface area contributed by atoms with Gasteiger partial charge in [0.2, 0.25) is 0 Å². The summed E-state index contributed by atoms with van der Waals surface area (Å²) in [5.41, 5.74) is 0.952. The molecule has 122 valence electrons. The lowest BCUT2D eigenvalue weighted by molar-refractivity contribution is -0.143. The van der Waals surface area contributed by atoms with Crippen LogP contribution < -0.4 is 4.74 Å². The van der Waals surface area contributed by atoms with E-state index in [2.05, 4.69) is 20.8 Å². The third-order valence-electron chi connectivity index (χ3n) is 3.44. The Labute approximate surface area is 131 Å². The molecule has 0 heterocycles. The number of hydrogen-bond donors (Lipinski definition) is 1. The van der Waals surface area contributed by atoms with Gasteiger partial charge in [0.05, 0.1) is 5.92 Å².